The maximum Gasteiger partial charge on any atom is 0.240 e. The average molecular weight is 452 g/mol. The third-order valence-corrected chi connectivity index (χ3v) is 6.50. The van der Waals surface area contributed by atoms with Crippen LogP contribution in [0.25, 0.3) is 21.9 Å². The Bertz CT molecular complexity index is 1390. The highest BCUT2D eigenvalue weighted by Crippen LogP contribution is 2.25. The Balaban J connectivity index is 1.41. The summed E-state index contributed by atoms with van der Waals surface area (Å²) in [7, 11) is 0. The SMILES string of the molecule is C[C@H](NC(=O)C(C)(Cc1c[nH]c2ccccc12)NCc1cc2ccccc2o1)c1ccccc1. The van der Waals surface area contributed by atoms with E-state index in [-0.39, 0.29) is 11.9 Å². The van der Waals surface area contributed by atoms with E-state index in [2.05, 4.69) is 27.8 Å². The molecule has 0 aliphatic heterocycles. The lowest BCUT2D eigenvalue weighted by atomic mass is 9.90. The van der Waals surface area contributed by atoms with E-state index >= 15 is 0 Å². The summed E-state index contributed by atoms with van der Waals surface area (Å²) in [5.41, 5.74) is 3.22. The second kappa shape index (κ2) is 9.20. The normalized spacial score (nSPS) is 14.2. The predicted molar refractivity (Wildman–Crippen MR) is 136 cm³/mol. The minimum atomic E-state index is -0.854. The molecule has 0 fully saturated rings. The molecular weight excluding hydrogens is 422 g/mol. The molecule has 34 heavy (non-hydrogen) atoms. The number of carbonyl (C=O) groups is 1. The Hall–Kier alpha value is -3.83. The van der Waals surface area contributed by atoms with E-state index in [1.807, 2.05) is 92.8 Å². The zero-order chi connectivity index (χ0) is 23.5. The molecule has 5 aromatic rings. The number of hydrogen-bond acceptors (Lipinski definition) is 3. The van der Waals surface area contributed by atoms with Gasteiger partial charge in [-0.3, -0.25) is 10.1 Å². The molecular formula is C29H29N3O2. The summed E-state index contributed by atoms with van der Waals surface area (Å²) in [6.45, 7) is 4.42. The highest BCUT2D eigenvalue weighted by molar-refractivity contribution is 5.89. The van der Waals surface area contributed by atoms with Crippen LogP contribution in [-0.4, -0.2) is 16.4 Å². The molecule has 1 amide bonds. The number of furan rings is 1. The molecule has 0 spiro atoms. The second-order valence-electron chi connectivity index (χ2n) is 9.08. The third-order valence-electron chi connectivity index (χ3n) is 6.50. The summed E-state index contributed by atoms with van der Waals surface area (Å²) in [6, 6.07) is 28.1. The van der Waals surface area contributed by atoms with Gasteiger partial charge in [-0.15, -0.1) is 0 Å². The van der Waals surface area contributed by atoms with Gasteiger partial charge >= 0.3 is 0 Å². The molecule has 3 N–H and O–H groups in total. The number of para-hydroxylation sites is 2. The smallest absolute Gasteiger partial charge is 0.240 e. The fourth-order valence-corrected chi connectivity index (χ4v) is 4.47. The number of aromatic amines is 1. The van der Waals surface area contributed by atoms with Crippen LogP contribution in [0.1, 0.15) is 36.8 Å². The van der Waals surface area contributed by atoms with Gasteiger partial charge in [0.2, 0.25) is 5.91 Å². The van der Waals surface area contributed by atoms with Crippen molar-refractivity contribution in [1.29, 1.82) is 0 Å². The fraction of sp³-hybridized carbons (Fsp3) is 0.207. The largest absolute Gasteiger partial charge is 0.460 e. The average Bonchev–Trinajstić information content (AvgIpc) is 3.47. The summed E-state index contributed by atoms with van der Waals surface area (Å²) >= 11 is 0. The van der Waals surface area contributed by atoms with E-state index in [0.29, 0.717) is 13.0 Å². The van der Waals surface area contributed by atoms with Crippen molar-refractivity contribution in [3.63, 3.8) is 0 Å². The van der Waals surface area contributed by atoms with Gasteiger partial charge in [-0.05, 0) is 43.2 Å². The van der Waals surface area contributed by atoms with Crippen LogP contribution < -0.4 is 10.6 Å². The lowest BCUT2D eigenvalue weighted by molar-refractivity contribution is -0.127. The van der Waals surface area contributed by atoms with E-state index in [4.69, 9.17) is 4.42 Å². The standard InChI is InChI=1S/C29H29N3O2/c1-20(21-10-4-3-5-11-21)32-28(33)29(2,17-23-18-30-26-14-8-7-13-25(23)26)31-19-24-16-22-12-6-9-15-27(22)34-24/h3-16,18,20,30-31H,17,19H2,1-2H3,(H,32,33)/t20-,29?/m0/s1. The van der Waals surface area contributed by atoms with Crippen molar-refractivity contribution in [2.45, 2.75) is 38.4 Å². The Morgan fingerprint density at radius 2 is 1.74 bits per heavy atom. The van der Waals surface area contributed by atoms with Gasteiger partial charge in [-0.25, -0.2) is 0 Å². The third kappa shape index (κ3) is 4.47. The number of hydrogen-bond donors (Lipinski definition) is 3. The Labute approximate surface area is 199 Å². The molecule has 0 radical (unpaired) electrons. The summed E-state index contributed by atoms with van der Waals surface area (Å²) in [5.74, 6) is 0.750. The molecule has 0 saturated heterocycles. The van der Waals surface area contributed by atoms with Gasteiger partial charge in [0.25, 0.3) is 0 Å². The van der Waals surface area contributed by atoms with E-state index in [9.17, 15) is 4.79 Å². The van der Waals surface area contributed by atoms with E-state index in [1.165, 1.54) is 0 Å². The predicted octanol–water partition coefficient (Wildman–Crippen LogP) is 5.88. The van der Waals surface area contributed by atoms with Crippen LogP contribution >= 0.6 is 0 Å². The quantitative estimate of drug-likeness (QED) is 0.276. The van der Waals surface area contributed by atoms with Crippen molar-refractivity contribution >= 4 is 27.8 Å². The topological polar surface area (TPSA) is 70.1 Å². The number of carbonyl (C=O) groups excluding carboxylic acids is 1. The summed E-state index contributed by atoms with van der Waals surface area (Å²) < 4.78 is 6.00. The first-order valence-electron chi connectivity index (χ1n) is 11.7. The molecule has 3 aromatic carbocycles. The van der Waals surface area contributed by atoms with Crippen molar-refractivity contribution in [1.82, 2.24) is 15.6 Å². The van der Waals surface area contributed by atoms with Crippen LogP contribution in [0.5, 0.6) is 0 Å². The lowest BCUT2D eigenvalue weighted by Crippen LogP contribution is -2.56. The van der Waals surface area contributed by atoms with Gasteiger partial charge in [0, 0.05) is 28.9 Å². The number of amides is 1. The van der Waals surface area contributed by atoms with Gasteiger partial charge in [-0.1, -0.05) is 66.7 Å². The number of benzene rings is 3. The first kappa shape index (κ1) is 22.0. The molecule has 2 heterocycles. The monoisotopic (exact) mass is 451 g/mol. The van der Waals surface area contributed by atoms with Crippen LogP contribution in [0, 0.1) is 0 Å². The highest BCUT2D eigenvalue weighted by Gasteiger charge is 2.35. The summed E-state index contributed by atoms with van der Waals surface area (Å²) in [5, 5.41) is 8.91. The first-order valence-corrected chi connectivity index (χ1v) is 11.7. The van der Waals surface area contributed by atoms with Crippen LogP contribution in [0.2, 0.25) is 0 Å². The van der Waals surface area contributed by atoms with Crippen molar-refractivity contribution < 1.29 is 9.21 Å². The second-order valence-corrected chi connectivity index (χ2v) is 9.08. The number of rotatable bonds is 8. The maximum atomic E-state index is 13.7. The van der Waals surface area contributed by atoms with Gasteiger partial charge < -0.3 is 14.7 Å². The van der Waals surface area contributed by atoms with Crippen LogP contribution in [0.3, 0.4) is 0 Å². The van der Waals surface area contributed by atoms with Crippen molar-refractivity contribution in [3.05, 3.63) is 108 Å². The molecule has 0 bridgehead atoms. The number of aromatic nitrogens is 1. The fourth-order valence-electron chi connectivity index (χ4n) is 4.47. The Kier molecular flexibility index (Phi) is 5.95. The van der Waals surface area contributed by atoms with Gasteiger partial charge in [0.15, 0.2) is 0 Å². The molecule has 0 aliphatic carbocycles. The molecule has 0 aliphatic rings. The van der Waals surface area contributed by atoms with Crippen LogP contribution in [0.4, 0.5) is 0 Å². The molecule has 172 valence electrons. The highest BCUT2D eigenvalue weighted by atomic mass is 16.3. The minimum absolute atomic E-state index is 0.0507. The molecule has 5 rings (SSSR count). The molecule has 2 atom stereocenters. The van der Waals surface area contributed by atoms with Crippen LogP contribution in [-0.2, 0) is 17.8 Å². The van der Waals surface area contributed by atoms with Gasteiger partial charge in [0.05, 0.1) is 18.1 Å². The van der Waals surface area contributed by atoms with Gasteiger partial charge in [-0.2, -0.15) is 0 Å². The summed E-state index contributed by atoms with van der Waals surface area (Å²) in [4.78, 5) is 17.0. The minimum Gasteiger partial charge on any atom is -0.460 e. The van der Waals surface area contributed by atoms with Crippen LogP contribution in [0.15, 0.2) is 95.5 Å². The molecule has 2 aromatic heterocycles. The number of nitrogens with one attached hydrogen (secondary N) is 3. The molecule has 1 unspecified atom stereocenters. The molecule has 5 nitrogen and oxygen atoms in total. The number of H-pyrrole nitrogens is 1. The van der Waals surface area contributed by atoms with Gasteiger partial charge in [0.1, 0.15) is 11.3 Å². The van der Waals surface area contributed by atoms with Crippen molar-refractivity contribution in [3.8, 4) is 0 Å². The Morgan fingerprint density at radius 3 is 2.56 bits per heavy atom. The van der Waals surface area contributed by atoms with E-state index < -0.39 is 5.54 Å². The first-order chi connectivity index (χ1) is 16.5. The zero-order valence-corrected chi connectivity index (χ0v) is 19.5. The van der Waals surface area contributed by atoms with E-state index in [1.54, 1.807) is 0 Å². The number of fused-ring (bicyclic) bond motifs is 2. The summed E-state index contributed by atoms with van der Waals surface area (Å²) in [6.07, 6.45) is 2.53. The molecule has 0 saturated carbocycles. The van der Waals surface area contributed by atoms with Crippen molar-refractivity contribution in [2.75, 3.05) is 0 Å². The Morgan fingerprint density at radius 1 is 1.00 bits per heavy atom. The lowest BCUT2D eigenvalue weighted by Gasteiger charge is -2.31. The maximum absolute atomic E-state index is 13.7. The zero-order valence-electron chi connectivity index (χ0n) is 19.5. The molecule has 5 heteroatoms. The van der Waals surface area contributed by atoms with E-state index in [0.717, 1.165) is 38.8 Å². The van der Waals surface area contributed by atoms with Crippen molar-refractivity contribution in [2.24, 2.45) is 0 Å².